The van der Waals surface area contributed by atoms with E-state index in [0.29, 0.717) is 0 Å². The van der Waals surface area contributed by atoms with Crippen molar-refractivity contribution in [2.45, 2.75) is 11.4 Å². The van der Waals surface area contributed by atoms with Gasteiger partial charge in [-0.2, -0.15) is 5.10 Å². The van der Waals surface area contributed by atoms with Crippen molar-refractivity contribution >= 4 is 11.8 Å². The monoisotopic (exact) mass is 237 g/mol. The van der Waals surface area contributed by atoms with Crippen molar-refractivity contribution in [3.05, 3.63) is 36.5 Å². The van der Waals surface area contributed by atoms with E-state index in [9.17, 15) is 0 Å². The first kappa shape index (κ1) is 11.3. The van der Waals surface area contributed by atoms with Gasteiger partial charge in [0.25, 0.3) is 0 Å². The van der Waals surface area contributed by atoms with Gasteiger partial charge in [-0.3, -0.25) is 4.68 Å². The molecule has 0 aromatic carbocycles. The second-order valence-electron chi connectivity index (χ2n) is 3.45. The van der Waals surface area contributed by atoms with Gasteiger partial charge < -0.3 is 9.73 Å². The normalized spacial score (nSPS) is 10.8. The second-order valence-corrected chi connectivity index (χ2v) is 4.62. The molecule has 4 nitrogen and oxygen atoms in total. The Morgan fingerprint density at radius 1 is 1.56 bits per heavy atom. The molecule has 0 amide bonds. The highest BCUT2D eigenvalue weighted by Crippen LogP contribution is 2.15. The van der Waals surface area contributed by atoms with E-state index in [4.69, 9.17) is 4.42 Å². The number of aromatic nitrogens is 2. The maximum absolute atomic E-state index is 5.22. The van der Waals surface area contributed by atoms with Crippen LogP contribution < -0.4 is 5.32 Å². The predicted molar refractivity (Wildman–Crippen MR) is 64.3 cm³/mol. The van der Waals surface area contributed by atoms with Crippen molar-refractivity contribution in [3.8, 4) is 0 Å². The minimum Gasteiger partial charge on any atom is -0.468 e. The smallest absolute Gasteiger partial charge is 0.117 e. The SMILES string of the molecule is Cn1cc(SCCNCc2ccco2)cn1. The average molecular weight is 237 g/mol. The third kappa shape index (κ3) is 3.43. The van der Waals surface area contributed by atoms with Crippen LogP contribution in [0, 0.1) is 0 Å². The molecule has 0 bridgehead atoms. The van der Waals surface area contributed by atoms with Crippen molar-refractivity contribution in [3.63, 3.8) is 0 Å². The first-order valence-corrected chi connectivity index (χ1v) is 6.18. The molecule has 0 fully saturated rings. The minimum atomic E-state index is 0.792. The van der Waals surface area contributed by atoms with Gasteiger partial charge in [0.05, 0.1) is 19.0 Å². The maximum Gasteiger partial charge on any atom is 0.117 e. The van der Waals surface area contributed by atoms with Crippen molar-refractivity contribution in [2.24, 2.45) is 7.05 Å². The molecule has 0 radical (unpaired) electrons. The molecular formula is C11H15N3OS. The molecule has 0 unspecified atom stereocenters. The van der Waals surface area contributed by atoms with Crippen LogP contribution in [0.4, 0.5) is 0 Å². The predicted octanol–water partition coefficient (Wildman–Crippen LogP) is 1.89. The number of aryl methyl sites for hydroxylation is 1. The van der Waals surface area contributed by atoms with Crippen molar-refractivity contribution in [2.75, 3.05) is 12.3 Å². The lowest BCUT2D eigenvalue weighted by Crippen LogP contribution is -2.15. The molecule has 0 atom stereocenters. The Bertz CT molecular complexity index is 411. The Balaban J connectivity index is 1.59. The zero-order valence-electron chi connectivity index (χ0n) is 9.22. The van der Waals surface area contributed by atoms with E-state index in [1.54, 1.807) is 18.0 Å². The molecule has 2 heterocycles. The Morgan fingerprint density at radius 3 is 3.19 bits per heavy atom. The number of nitrogens with zero attached hydrogens (tertiary/aromatic N) is 2. The zero-order valence-corrected chi connectivity index (χ0v) is 10.0. The lowest BCUT2D eigenvalue weighted by molar-refractivity contribution is 0.488. The summed E-state index contributed by atoms with van der Waals surface area (Å²) in [6, 6.07) is 3.88. The molecule has 0 aliphatic heterocycles. The van der Waals surface area contributed by atoms with Gasteiger partial charge in [-0.15, -0.1) is 11.8 Å². The number of hydrogen-bond acceptors (Lipinski definition) is 4. The summed E-state index contributed by atoms with van der Waals surface area (Å²) in [5, 5.41) is 7.44. The summed E-state index contributed by atoms with van der Waals surface area (Å²) in [6.45, 7) is 1.75. The van der Waals surface area contributed by atoms with Crippen molar-refractivity contribution in [1.82, 2.24) is 15.1 Å². The molecule has 2 aromatic rings. The zero-order chi connectivity index (χ0) is 11.2. The summed E-state index contributed by atoms with van der Waals surface area (Å²) in [7, 11) is 1.93. The molecule has 0 saturated heterocycles. The number of hydrogen-bond donors (Lipinski definition) is 1. The van der Waals surface area contributed by atoms with Gasteiger partial charge in [0.15, 0.2) is 0 Å². The quantitative estimate of drug-likeness (QED) is 0.615. The largest absolute Gasteiger partial charge is 0.468 e. The van der Waals surface area contributed by atoms with Gasteiger partial charge >= 0.3 is 0 Å². The van der Waals surface area contributed by atoms with Crippen LogP contribution in [0.25, 0.3) is 0 Å². The molecule has 2 aromatic heterocycles. The summed E-state index contributed by atoms with van der Waals surface area (Å²) >= 11 is 1.80. The molecule has 1 N–H and O–H groups in total. The van der Waals surface area contributed by atoms with Gasteiger partial charge in [0.2, 0.25) is 0 Å². The van der Waals surface area contributed by atoms with Crippen LogP contribution >= 0.6 is 11.8 Å². The van der Waals surface area contributed by atoms with E-state index in [0.717, 1.165) is 24.6 Å². The lowest BCUT2D eigenvalue weighted by Gasteiger charge is -2.01. The van der Waals surface area contributed by atoms with Gasteiger partial charge in [-0.25, -0.2) is 0 Å². The number of rotatable bonds is 6. The summed E-state index contributed by atoms with van der Waals surface area (Å²) in [6.07, 6.45) is 5.61. The number of thioether (sulfide) groups is 1. The van der Waals surface area contributed by atoms with E-state index in [1.165, 1.54) is 4.90 Å². The van der Waals surface area contributed by atoms with Gasteiger partial charge in [0, 0.05) is 30.4 Å². The standard InChI is InChI=1S/C11H15N3OS/c1-14-9-11(8-13-14)16-6-4-12-7-10-3-2-5-15-10/h2-3,5,8-9,12H,4,6-7H2,1H3. The third-order valence-electron chi connectivity index (χ3n) is 2.11. The molecule has 0 aliphatic carbocycles. The third-order valence-corrected chi connectivity index (χ3v) is 3.06. The minimum absolute atomic E-state index is 0.792. The molecule has 86 valence electrons. The van der Waals surface area contributed by atoms with E-state index in [1.807, 2.05) is 36.3 Å². The summed E-state index contributed by atoms with van der Waals surface area (Å²) in [5.41, 5.74) is 0. The van der Waals surface area contributed by atoms with E-state index < -0.39 is 0 Å². The van der Waals surface area contributed by atoms with Crippen LogP contribution in [-0.2, 0) is 13.6 Å². The van der Waals surface area contributed by atoms with Crippen molar-refractivity contribution < 1.29 is 4.42 Å². The highest BCUT2D eigenvalue weighted by molar-refractivity contribution is 7.99. The average Bonchev–Trinajstić information content (AvgIpc) is 2.89. The topological polar surface area (TPSA) is 43.0 Å². The van der Waals surface area contributed by atoms with E-state index in [-0.39, 0.29) is 0 Å². The first-order valence-electron chi connectivity index (χ1n) is 5.19. The molecule has 0 saturated carbocycles. The highest BCUT2D eigenvalue weighted by atomic mass is 32.2. The second kappa shape index (κ2) is 5.77. The maximum atomic E-state index is 5.22. The Kier molecular flexibility index (Phi) is 4.07. The van der Waals surface area contributed by atoms with Crippen molar-refractivity contribution in [1.29, 1.82) is 0 Å². The summed E-state index contributed by atoms with van der Waals surface area (Å²) in [5.74, 6) is 2.01. The number of nitrogens with one attached hydrogen (secondary N) is 1. The van der Waals surface area contributed by atoms with Gasteiger partial charge in [-0.1, -0.05) is 0 Å². The first-order chi connectivity index (χ1) is 7.84. The van der Waals surface area contributed by atoms with E-state index in [2.05, 4.69) is 10.4 Å². The lowest BCUT2D eigenvalue weighted by atomic mass is 10.4. The molecular weight excluding hydrogens is 222 g/mol. The van der Waals surface area contributed by atoms with Crippen LogP contribution in [0.2, 0.25) is 0 Å². The molecule has 0 spiro atoms. The van der Waals surface area contributed by atoms with E-state index >= 15 is 0 Å². The molecule has 0 aliphatic rings. The van der Waals surface area contributed by atoms with Gasteiger partial charge in [0.1, 0.15) is 5.76 Å². The fourth-order valence-corrected chi connectivity index (χ4v) is 2.17. The Morgan fingerprint density at radius 2 is 2.50 bits per heavy atom. The van der Waals surface area contributed by atoms with Crippen LogP contribution in [0.1, 0.15) is 5.76 Å². The molecule has 16 heavy (non-hydrogen) atoms. The summed E-state index contributed by atoms with van der Waals surface area (Å²) in [4.78, 5) is 1.21. The summed E-state index contributed by atoms with van der Waals surface area (Å²) < 4.78 is 7.04. The fraction of sp³-hybridized carbons (Fsp3) is 0.364. The van der Waals surface area contributed by atoms with Crippen LogP contribution in [0.5, 0.6) is 0 Å². The molecule has 2 rings (SSSR count). The Hall–Kier alpha value is -1.20. The fourth-order valence-electron chi connectivity index (χ4n) is 1.34. The van der Waals surface area contributed by atoms with Crippen LogP contribution in [-0.4, -0.2) is 22.1 Å². The number of furan rings is 1. The molecule has 5 heteroatoms. The highest BCUT2D eigenvalue weighted by Gasteiger charge is 1.97. The Labute approximate surface area is 99.0 Å². The van der Waals surface area contributed by atoms with Gasteiger partial charge in [-0.05, 0) is 12.1 Å². The van der Waals surface area contributed by atoms with Crippen LogP contribution in [0.3, 0.4) is 0 Å². The van der Waals surface area contributed by atoms with Crippen LogP contribution in [0.15, 0.2) is 40.1 Å².